The van der Waals surface area contributed by atoms with Crippen LogP contribution in [0.2, 0.25) is 5.02 Å². The molecule has 4 aromatic carbocycles. The molecule has 0 aromatic heterocycles. The molecule has 1 saturated heterocycles. The summed E-state index contributed by atoms with van der Waals surface area (Å²) >= 11 is 6.04. The molecular formula is C31H29ClN4O5S. The quantitative estimate of drug-likeness (QED) is 0.153. The van der Waals surface area contributed by atoms with E-state index in [0.717, 1.165) is 54.6 Å². The van der Waals surface area contributed by atoms with E-state index >= 15 is 0 Å². The van der Waals surface area contributed by atoms with Gasteiger partial charge in [-0.05, 0) is 60.0 Å². The van der Waals surface area contributed by atoms with Crippen LogP contribution < -0.4 is 4.90 Å². The van der Waals surface area contributed by atoms with Crippen LogP contribution in [0.4, 0.5) is 11.4 Å². The van der Waals surface area contributed by atoms with Crippen LogP contribution in [0.15, 0.2) is 95.9 Å². The Hall–Kier alpha value is -4.27. The lowest BCUT2D eigenvalue weighted by atomic mass is 9.99. The van der Waals surface area contributed by atoms with E-state index in [1.54, 1.807) is 18.2 Å². The van der Waals surface area contributed by atoms with E-state index in [2.05, 4.69) is 28.0 Å². The van der Waals surface area contributed by atoms with Crippen molar-refractivity contribution in [3.63, 3.8) is 0 Å². The van der Waals surface area contributed by atoms with E-state index in [9.17, 15) is 18.5 Å². The number of hydrogen-bond donors (Lipinski definition) is 1. The Morgan fingerprint density at radius 2 is 1.60 bits per heavy atom. The highest BCUT2D eigenvalue weighted by Gasteiger charge is 2.22. The van der Waals surface area contributed by atoms with Crippen molar-refractivity contribution in [2.75, 3.05) is 31.1 Å². The summed E-state index contributed by atoms with van der Waals surface area (Å²) in [6.07, 6.45) is 0. The minimum atomic E-state index is -4.02. The van der Waals surface area contributed by atoms with Gasteiger partial charge in [-0.15, -0.1) is 0 Å². The number of nitro groups is 1. The first-order valence-corrected chi connectivity index (χ1v) is 14.9. The van der Waals surface area contributed by atoms with E-state index in [4.69, 9.17) is 21.4 Å². The fourth-order valence-electron chi connectivity index (χ4n) is 4.65. The normalized spacial score (nSPS) is 13.5. The Morgan fingerprint density at radius 3 is 2.19 bits per heavy atom. The molecule has 9 nitrogen and oxygen atoms in total. The van der Waals surface area contributed by atoms with Crippen molar-refractivity contribution in [1.29, 1.82) is 5.26 Å². The summed E-state index contributed by atoms with van der Waals surface area (Å²) < 4.78 is 29.6. The molecule has 0 aliphatic carbocycles. The zero-order chi connectivity index (χ0) is 30.3. The molecule has 216 valence electrons. The van der Waals surface area contributed by atoms with Crippen LogP contribution in [0.25, 0.3) is 11.1 Å². The Kier molecular flexibility index (Phi) is 9.93. The Morgan fingerprint density at radius 1 is 0.952 bits per heavy atom. The molecule has 0 saturated carbocycles. The fourth-order valence-corrected chi connectivity index (χ4v) is 5.25. The first-order chi connectivity index (χ1) is 20.0. The topological polar surface area (TPSA) is 128 Å². The third kappa shape index (κ3) is 7.93. The van der Waals surface area contributed by atoms with Crippen LogP contribution in [-0.2, 0) is 16.7 Å². The number of aryl methyl sites for hydroxylation is 1. The number of halogens is 1. The highest BCUT2D eigenvalue weighted by Crippen LogP contribution is 2.28. The van der Waals surface area contributed by atoms with Crippen LogP contribution in [-0.4, -0.2) is 49.0 Å². The molecule has 11 heteroatoms. The molecule has 1 aliphatic rings. The molecule has 1 N–H and O–H groups in total. The van der Waals surface area contributed by atoms with E-state index in [-0.39, 0.29) is 16.1 Å². The molecule has 0 atom stereocenters. The largest absolute Gasteiger partial charge is 0.369 e. The zero-order valence-electron chi connectivity index (χ0n) is 22.9. The van der Waals surface area contributed by atoms with Gasteiger partial charge in [0.25, 0.3) is 15.8 Å². The number of anilines is 1. The van der Waals surface area contributed by atoms with Crippen molar-refractivity contribution in [1.82, 2.24) is 4.90 Å². The summed E-state index contributed by atoms with van der Waals surface area (Å²) in [6.45, 7) is 5.91. The Balaban J connectivity index is 0.000000310. The van der Waals surface area contributed by atoms with Crippen molar-refractivity contribution in [2.45, 2.75) is 18.4 Å². The predicted octanol–water partition coefficient (Wildman–Crippen LogP) is 6.35. The van der Waals surface area contributed by atoms with Gasteiger partial charge >= 0.3 is 0 Å². The molecule has 1 aliphatic heterocycles. The smallest absolute Gasteiger partial charge is 0.294 e. The molecule has 1 fully saturated rings. The first-order valence-electron chi connectivity index (χ1n) is 13.1. The maximum Gasteiger partial charge on any atom is 0.294 e. The zero-order valence-corrected chi connectivity index (χ0v) is 24.4. The molecule has 1 heterocycles. The number of nitrogens with zero attached hydrogens (tertiary/aromatic N) is 4. The van der Waals surface area contributed by atoms with Crippen LogP contribution in [0.3, 0.4) is 0 Å². The molecular weight excluding hydrogens is 576 g/mol. The van der Waals surface area contributed by atoms with Gasteiger partial charge in [0.15, 0.2) is 0 Å². The standard InChI is InChI=1S/C24H21ClN4O2.C7H8O3S/c25-21-8-5-18(6-9-21)23-4-2-1-3-20(23)17-27-11-13-28(14-12-27)22-10-7-19(16-26)24(15-22)29(30)31;1-6-2-4-7(5-3-6)11(8,9)10/h1-10,15H,11-14,17H2;2-5H,1H3,(H,8,9,10). The van der Waals surface area contributed by atoms with Crippen molar-refractivity contribution < 1.29 is 17.9 Å². The monoisotopic (exact) mass is 604 g/mol. The van der Waals surface area contributed by atoms with Gasteiger partial charge in [0, 0.05) is 49.5 Å². The molecule has 42 heavy (non-hydrogen) atoms. The van der Waals surface area contributed by atoms with Crippen LogP contribution in [0.1, 0.15) is 16.7 Å². The summed E-state index contributed by atoms with van der Waals surface area (Å²) in [5.41, 5.74) is 5.29. The van der Waals surface area contributed by atoms with Gasteiger partial charge in [-0.2, -0.15) is 13.7 Å². The van der Waals surface area contributed by atoms with Crippen molar-refractivity contribution in [3.05, 3.63) is 123 Å². The van der Waals surface area contributed by atoms with E-state index in [0.29, 0.717) is 0 Å². The summed E-state index contributed by atoms with van der Waals surface area (Å²) in [6, 6.07) is 29.0. The average Bonchev–Trinajstić information content (AvgIpc) is 2.98. The minimum absolute atomic E-state index is 0.0666. The minimum Gasteiger partial charge on any atom is -0.369 e. The summed E-state index contributed by atoms with van der Waals surface area (Å²) in [5.74, 6) is 0. The van der Waals surface area contributed by atoms with Gasteiger partial charge in [-0.3, -0.25) is 19.6 Å². The lowest BCUT2D eigenvalue weighted by Gasteiger charge is -2.36. The van der Waals surface area contributed by atoms with E-state index < -0.39 is 15.0 Å². The predicted molar refractivity (Wildman–Crippen MR) is 163 cm³/mol. The second kappa shape index (κ2) is 13.6. The number of rotatable bonds is 6. The lowest BCUT2D eigenvalue weighted by molar-refractivity contribution is -0.385. The van der Waals surface area contributed by atoms with Crippen LogP contribution >= 0.6 is 11.6 Å². The molecule has 0 radical (unpaired) electrons. The number of nitro benzene ring substituents is 1. The van der Waals surface area contributed by atoms with Gasteiger partial charge in [0.05, 0.1) is 9.82 Å². The number of hydrogen-bond acceptors (Lipinski definition) is 7. The molecule has 0 unspecified atom stereocenters. The average molecular weight is 605 g/mol. The molecule has 4 aromatic rings. The van der Waals surface area contributed by atoms with Crippen LogP contribution in [0, 0.1) is 28.4 Å². The van der Waals surface area contributed by atoms with Gasteiger partial charge in [-0.25, -0.2) is 0 Å². The molecule has 0 bridgehead atoms. The van der Waals surface area contributed by atoms with Crippen molar-refractivity contribution in [2.24, 2.45) is 0 Å². The Bertz CT molecular complexity index is 1700. The second-order valence-corrected chi connectivity index (χ2v) is 11.6. The second-order valence-electron chi connectivity index (χ2n) is 9.79. The third-order valence-electron chi connectivity index (χ3n) is 6.92. The van der Waals surface area contributed by atoms with Gasteiger partial charge in [0.2, 0.25) is 0 Å². The van der Waals surface area contributed by atoms with Gasteiger partial charge in [-0.1, -0.05) is 65.7 Å². The summed E-state index contributed by atoms with van der Waals surface area (Å²) in [5, 5.41) is 21.1. The maximum absolute atomic E-state index is 11.3. The first kappa shape index (κ1) is 30.7. The maximum atomic E-state index is 11.3. The molecule has 5 rings (SSSR count). The third-order valence-corrected chi connectivity index (χ3v) is 8.04. The SMILES string of the molecule is Cc1ccc(S(=O)(=O)O)cc1.N#Cc1ccc(N2CCN(Cc3ccccc3-c3ccc(Cl)cc3)CC2)cc1[N+](=O)[O-]. The van der Waals surface area contributed by atoms with Crippen molar-refractivity contribution in [3.8, 4) is 17.2 Å². The number of benzene rings is 4. The highest BCUT2D eigenvalue weighted by atomic mass is 35.5. The summed E-state index contributed by atoms with van der Waals surface area (Å²) in [4.78, 5) is 15.2. The van der Waals surface area contributed by atoms with E-state index in [1.807, 2.05) is 43.3 Å². The fraction of sp³-hybridized carbons (Fsp3) is 0.194. The summed E-state index contributed by atoms with van der Waals surface area (Å²) in [7, 11) is -4.02. The molecule has 0 spiro atoms. The van der Waals surface area contributed by atoms with Crippen LogP contribution in [0.5, 0.6) is 0 Å². The number of nitriles is 1. The van der Waals surface area contributed by atoms with Gasteiger partial charge < -0.3 is 4.90 Å². The van der Waals surface area contributed by atoms with E-state index in [1.165, 1.54) is 35.4 Å². The number of piperazine rings is 1. The van der Waals surface area contributed by atoms with Crippen molar-refractivity contribution >= 4 is 33.1 Å². The van der Waals surface area contributed by atoms with Gasteiger partial charge in [0.1, 0.15) is 11.6 Å². The molecule has 0 amide bonds. The Labute approximate surface area is 250 Å². The highest BCUT2D eigenvalue weighted by molar-refractivity contribution is 7.85. The lowest BCUT2D eigenvalue weighted by Crippen LogP contribution is -2.46.